The SMILES string of the molecule is COC(=O)C1CCN(C(=O)Cn2cc(S(=O)(=O)c3ccccc3)c3ccccc32)CC1. The lowest BCUT2D eigenvalue weighted by Gasteiger charge is -2.30. The number of hydrogen-bond donors (Lipinski definition) is 0. The number of benzene rings is 2. The smallest absolute Gasteiger partial charge is 0.308 e. The molecule has 31 heavy (non-hydrogen) atoms. The summed E-state index contributed by atoms with van der Waals surface area (Å²) in [7, 11) is -2.35. The number of aromatic nitrogens is 1. The van der Waals surface area contributed by atoms with Crippen LogP contribution in [0.5, 0.6) is 0 Å². The zero-order valence-corrected chi connectivity index (χ0v) is 18.0. The Morgan fingerprint density at radius 2 is 1.65 bits per heavy atom. The number of nitrogens with zero attached hydrogens (tertiary/aromatic N) is 2. The fourth-order valence-electron chi connectivity index (χ4n) is 4.06. The van der Waals surface area contributed by atoms with Gasteiger partial charge in [0.25, 0.3) is 0 Å². The number of carbonyl (C=O) groups excluding carboxylic acids is 2. The van der Waals surface area contributed by atoms with E-state index >= 15 is 0 Å². The number of piperidine rings is 1. The van der Waals surface area contributed by atoms with Crippen LogP contribution in [0.15, 0.2) is 70.6 Å². The lowest BCUT2D eigenvalue weighted by Crippen LogP contribution is -2.41. The maximum absolute atomic E-state index is 13.2. The summed E-state index contributed by atoms with van der Waals surface area (Å²) in [5, 5.41) is 0.587. The molecule has 2 heterocycles. The van der Waals surface area contributed by atoms with Crippen LogP contribution in [0.25, 0.3) is 10.9 Å². The molecule has 1 aromatic heterocycles. The molecule has 8 heteroatoms. The van der Waals surface area contributed by atoms with Crippen LogP contribution in [-0.4, -0.2) is 50.0 Å². The Kier molecular flexibility index (Phi) is 5.82. The zero-order valence-electron chi connectivity index (χ0n) is 17.2. The molecule has 1 fully saturated rings. The minimum atomic E-state index is -3.72. The fraction of sp³-hybridized carbons (Fsp3) is 0.304. The van der Waals surface area contributed by atoms with Gasteiger partial charge in [-0.15, -0.1) is 0 Å². The van der Waals surface area contributed by atoms with Gasteiger partial charge in [0, 0.05) is 30.2 Å². The number of amides is 1. The fourth-order valence-corrected chi connectivity index (χ4v) is 5.56. The standard InChI is InChI=1S/C23H24N2O5S/c1-30-23(27)17-11-13-24(14-12-17)22(26)16-25-15-21(19-9-5-6-10-20(19)25)31(28,29)18-7-3-2-4-8-18/h2-10,15,17H,11-14,16H2,1H3. The summed E-state index contributed by atoms with van der Waals surface area (Å²) >= 11 is 0. The van der Waals surface area contributed by atoms with Gasteiger partial charge in [0.15, 0.2) is 0 Å². The van der Waals surface area contributed by atoms with Crippen molar-refractivity contribution in [2.75, 3.05) is 20.2 Å². The van der Waals surface area contributed by atoms with Crippen LogP contribution in [0.2, 0.25) is 0 Å². The Morgan fingerprint density at radius 3 is 2.32 bits per heavy atom. The van der Waals surface area contributed by atoms with Gasteiger partial charge in [0.05, 0.1) is 22.8 Å². The predicted molar refractivity (Wildman–Crippen MR) is 115 cm³/mol. The molecule has 0 N–H and O–H groups in total. The Morgan fingerprint density at radius 1 is 1.00 bits per heavy atom. The average Bonchev–Trinajstić information content (AvgIpc) is 3.18. The number of rotatable bonds is 5. The third-order valence-electron chi connectivity index (χ3n) is 5.78. The number of carbonyl (C=O) groups is 2. The highest BCUT2D eigenvalue weighted by Crippen LogP contribution is 2.30. The molecule has 3 aromatic rings. The summed E-state index contributed by atoms with van der Waals surface area (Å²) in [6, 6.07) is 15.5. The van der Waals surface area contributed by atoms with E-state index in [-0.39, 0.29) is 34.1 Å². The van der Waals surface area contributed by atoms with Gasteiger partial charge in [-0.2, -0.15) is 0 Å². The third kappa shape index (κ3) is 4.07. The van der Waals surface area contributed by atoms with E-state index < -0.39 is 9.84 Å². The summed E-state index contributed by atoms with van der Waals surface area (Å²) in [6.45, 7) is 0.994. The molecule has 7 nitrogen and oxygen atoms in total. The molecule has 162 valence electrons. The quantitative estimate of drug-likeness (QED) is 0.570. The van der Waals surface area contributed by atoms with Gasteiger partial charge < -0.3 is 14.2 Å². The predicted octanol–water partition coefficient (Wildman–Crippen LogP) is 2.89. The number of sulfone groups is 1. The van der Waals surface area contributed by atoms with E-state index in [2.05, 4.69) is 0 Å². The second-order valence-corrected chi connectivity index (χ2v) is 9.55. The van der Waals surface area contributed by atoms with E-state index in [4.69, 9.17) is 4.74 Å². The van der Waals surface area contributed by atoms with Gasteiger partial charge in [0.1, 0.15) is 6.54 Å². The highest BCUT2D eigenvalue weighted by Gasteiger charge is 2.29. The van der Waals surface area contributed by atoms with E-state index in [1.807, 2.05) is 12.1 Å². The Labute approximate surface area is 181 Å². The molecule has 0 aliphatic carbocycles. The summed E-state index contributed by atoms with van der Waals surface area (Å²) < 4.78 is 32.9. The van der Waals surface area contributed by atoms with Crippen molar-refractivity contribution in [2.45, 2.75) is 29.2 Å². The first-order chi connectivity index (χ1) is 14.9. The largest absolute Gasteiger partial charge is 0.469 e. The normalized spacial score (nSPS) is 15.2. The van der Waals surface area contributed by atoms with Crippen molar-refractivity contribution in [2.24, 2.45) is 5.92 Å². The van der Waals surface area contributed by atoms with Crippen LogP contribution < -0.4 is 0 Å². The maximum Gasteiger partial charge on any atom is 0.308 e. The second-order valence-electron chi connectivity index (χ2n) is 7.63. The number of para-hydroxylation sites is 1. The number of ether oxygens (including phenoxy) is 1. The van der Waals surface area contributed by atoms with Gasteiger partial charge in [-0.05, 0) is 31.0 Å². The average molecular weight is 441 g/mol. The first kappa shape index (κ1) is 21.1. The minimum absolute atomic E-state index is 0.0354. The van der Waals surface area contributed by atoms with Crippen LogP contribution in [0.1, 0.15) is 12.8 Å². The van der Waals surface area contributed by atoms with Gasteiger partial charge in [0.2, 0.25) is 15.7 Å². The van der Waals surface area contributed by atoms with E-state index in [1.165, 1.54) is 7.11 Å². The van der Waals surface area contributed by atoms with Crippen LogP contribution in [0, 0.1) is 5.92 Å². The topological polar surface area (TPSA) is 85.7 Å². The molecule has 0 spiro atoms. The van der Waals surface area contributed by atoms with Crippen molar-refractivity contribution in [3.05, 3.63) is 60.8 Å². The molecule has 1 aliphatic rings. The lowest BCUT2D eigenvalue weighted by molar-refractivity contribution is -0.149. The van der Waals surface area contributed by atoms with Gasteiger partial charge in [-0.1, -0.05) is 36.4 Å². The van der Waals surface area contributed by atoms with Crippen molar-refractivity contribution < 1.29 is 22.7 Å². The number of methoxy groups -OCH3 is 1. The number of esters is 1. The second kappa shape index (κ2) is 8.55. The molecule has 1 aliphatic heterocycles. The minimum Gasteiger partial charge on any atom is -0.469 e. The summed E-state index contributed by atoms with van der Waals surface area (Å²) in [6.07, 6.45) is 2.68. The van der Waals surface area contributed by atoms with Crippen LogP contribution in [-0.2, 0) is 30.7 Å². The van der Waals surface area contributed by atoms with Crippen molar-refractivity contribution >= 4 is 32.6 Å². The Bertz CT molecular complexity index is 1210. The number of hydrogen-bond acceptors (Lipinski definition) is 5. The summed E-state index contributed by atoms with van der Waals surface area (Å²) in [5.74, 6) is -0.518. The summed E-state index contributed by atoms with van der Waals surface area (Å²) in [5.41, 5.74) is 0.690. The Balaban J connectivity index is 1.60. The molecule has 0 unspecified atom stereocenters. The van der Waals surface area contributed by atoms with Crippen LogP contribution in [0.3, 0.4) is 0 Å². The Hall–Kier alpha value is -3.13. The van der Waals surface area contributed by atoms with Crippen molar-refractivity contribution in [1.29, 1.82) is 0 Å². The molecule has 0 bridgehead atoms. The number of fused-ring (bicyclic) bond motifs is 1. The molecule has 0 saturated carbocycles. The first-order valence-electron chi connectivity index (χ1n) is 10.2. The van der Waals surface area contributed by atoms with Gasteiger partial charge in [-0.3, -0.25) is 9.59 Å². The monoisotopic (exact) mass is 440 g/mol. The van der Waals surface area contributed by atoms with E-state index in [0.717, 1.165) is 0 Å². The lowest BCUT2D eigenvalue weighted by atomic mass is 9.97. The third-order valence-corrected chi connectivity index (χ3v) is 7.58. The van der Waals surface area contributed by atoms with E-state index in [1.54, 1.807) is 58.1 Å². The maximum atomic E-state index is 13.2. The van der Waals surface area contributed by atoms with E-state index in [0.29, 0.717) is 36.8 Å². The van der Waals surface area contributed by atoms with Crippen molar-refractivity contribution in [1.82, 2.24) is 9.47 Å². The molecule has 0 radical (unpaired) electrons. The molecule has 0 atom stereocenters. The molecule has 2 aromatic carbocycles. The van der Waals surface area contributed by atoms with Crippen LogP contribution >= 0.6 is 0 Å². The zero-order chi connectivity index (χ0) is 22.0. The van der Waals surface area contributed by atoms with Crippen molar-refractivity contribution in [3.63, 3.8) is 0 Å². The molecule has 4 rings (SSSR count). The molecular formula is C23H24N2O5S. The highest BCUT2D eigenvalue weighted by atomic mass is 32.2. The molecular weight excluding hydrogens is 416 g/mol. The number of likely N-dealkylation sites (tertiary alicyclic amines) is 1. The van der Waals surface area contributed by atoms with Crippen molar-refractivity contribution in [3.8, 4) is 0 Å². The first-order valence-corrected chi connectivity index (χ1v) is 11.6. The van der Waals surface area contributed by atoms with Gasteiger partial charge in [-0.25, -0.2) is 8.42 Å². The highest BCUT2D eigenvalue weighted by molar-refractivity contribution is 7.91. The van der Waals surface area contributed by atoms with Gasteiger partial charge >= 0.3 is 5.97 Å². The van der Waals surface area contributed by atoms with E-state index in [9.17, 15) is 18.0 Å². The molecule has 1 amide bonds. The molecule has 1 saturated heterocycles. The summed E-state index contributed by atoms with van der Waals surface area (Å²) in [4.78, 5) is 26.8. The van der Waals surface area contributed by atoms with Crippen LogP contribution in [0.4, 0.5) is 0 Å².